The molecule has 3 heteroatoms. The molecule has 3 nitrogen and oxygen atoms in total. The first-order valence-electron chi connectivity index (χ1n) is 4.45. The average molecular weight is 190 g/mol. The summed E-state index contributed by atoms with van der Waals surface area (Å²) >= 11 is 0. The number of aromatic carboxylic acids is 1. The van der Waals surface area contributed by atoms with E-state index in [0.29, 0.717) is 5.56 Å². The molecule has 0 fully saturated rings. The Bertz CT molecular complexity index is 482. The molecule has 0 radical (unpaired) electrons. The number of carboxylic acid groups (broad SMARTS) is 1. The number of carboxylic acids is 1. The van der Waals surface area contributed by atoms with Gasteiger partial charge in [-0.05, 0) is 30.2 Å². The van der Waals surface area contributed by atoms with E-state index in [1.807, 2.05) is 6.92 Å². The van der Waals surface area contributed by atoms with Crippen LogP contribution in [0, 0.1) is 0 Å². The first-order valence-corrected chi connectivity index (χ1v) is 4.45. The number of hydrogen-bond acceptors (Lipinski definition) is 2. The molecule has 0 aliphatic rings. The number of rotatable bonds is 2. The Balaban J connectivity index is 2.67. The van der Waals surface area contributed by atoms with Crippen LogP contribution in [0.1, 0.15) is 22.8 Å². The SMILES string of the molecule is CCc1coc2ccc(C(=O)O)cc12. The lowest BCUT2D eigenvalue weighted by Crippen LogP contribution is -1.94. The van der Waals surface area contributed by atoms with Crippen LogP contribution in [0.15, 0.2) is 28.9 Å². The van der Waals surface area contributed by atoms with Gasteiger partial charge in [0, 0.05) is 5.39 Å². The highest BCUT2D eigenvalue weighted by atomic mass is 16.4. The van der Waals surface area contributed by atoms with Gasteiger partial charge in [-0.25, -0.2) is 4.79 Å². The van der Waals surface area contributed by atoms with Gasteiger partial charge in [0.25, 0.3) is 0 Å². The molecular formula is C11H10O3. The van der Waals surface area contributed by atoms with Crippen molar-refractivity contribution in [1.82, 2.24) is 0 Å². The van der Waals surface area contributed by atoms with E-state index in [2.05, 4.69) is 0 Å². The highest BCUT2D eigenvalue weighted by molar-refractivity contribution is 5.93. The molecule has 0 amide bonds. The van der Waals surface area contributed by atoms with Crippen molar-refractivity contribution in [1.29, 1.82) is 0 Å². The standard InChI is InChI=1S/C11H10O3/c1-2-7-6-14-10-4-3-8(11(12)13)5-9(7)10/h3-6H,2H2,1H3,(H,12,13). The van der Waals surface area contributed by atoms with Gasteiger partial charge in [-0.15, -0.1) is 0 Å². The summed E-state index contributed by atoms with van der Waals surface area (Å²) in [6.45, 7) is 2.01. The molecule has 0 bridgehead atoms. The Labute approximate surface area is 81.0 Å². The van der Waals surface area contributed by atoms with E-state index in [0.717, 1.165) is 23.0 Å². The van der Waals surface area contributed by atoms with Crippen molar-refractivity contribution >= 4 is 16.9 Å². The molecule has 1 N–H and O–H groups in total. The summed E-state index contributed by atoms with van der Waals surface area (Å²) < 4.78 is 5.28. The number of furan rings is 1. The normalized spacial score (nSPS) is 10.6. The third-order valence-electron chi connectivity index (χ3n) is 2.28. The minimum absolute atomic E-state index is 0.300. The van der Waals surface area contributed by atoms with Gasteiger partial charge in [0.15, 0.2) is 0 Å². The molecule has 14 heavy (non-hydrogen) atoms. The zero-order chi connectivity index (χ0) is 10.1. The van der Waals surface area contributed by atoms with E-state index < -0.39 is 5.97 Å². The molecule has 0 unspecified atom stereocenters. The van der Waals surface area contributed by atoms with Gasteiger partial charge in [-0.2, -0.15) is 0 Å². The second kappa shape index (κ2) is 3.18. The van der Waals surface area contributed by atoms with Crippen molar-refractivity contribution < 1.29 is 14.3 Å². The number of hydrogen-bond donors (Lipinski definition) is 1. The molecule has 72 valence electrons. The maximum absolute atomic E-state index is 10.7. The maximum Gasteiger partial charge on any atom is 0.335 e. The molecule has 2 rings (SSSR count). The fourth-order valence-electron chi connectivity index (χ4n) is 1.49. The molecule has 0 saturated carbocycles. The lowest BCUT2D eigenvalue weighted by molar-refractivity contribution is 0.0697. The van der Waals surface area contributed by atoms with Crippen LogP contribution in [0.5, 0.6) is 0 Å². The first-order chi connectivity index (χ1) is 6.72. The molecule has 0 atom stereocenters. The summed E-state index contributed by atoms with van der Waals surface area (Å²) in [6, 6.07) is 4.89. The smallest absolute Gasteiger partial charge is 0.335 e. The lowest BCUT2D eigenvalue weighted by Gasteiger charge is -1.95. The number of benzene rings is 1. The van der Waals surface area contributed by atoms with Crippen LogP contribution < -0.4 is 0 Å². The summed E-state index contributed by atoms with van der Waals surface area (Å²) in [6.07, 6.45) is 2.52. The molecule has 0 aliphatic heterocycles. The minimum Gasteiger partial charge on any atom is -0.478 e. The highest BCUT2D eigenvalue weighted by Gasteiger charge is 2.08. The van der Waals surface area contributed by atoms with Crippen molar-refractivity contribution in [2.75, 3.05) is 0 Å². The van der Waals surface area contributed by atoms with E-state index >= 15 is 0 Å². The van der Waals surface area contributed by atoms with Gasteiger partial charge >= 0.3 is 5.97 Å². The minimum atomic E-state index is -0.907. The van der Waals surface area contributed by atoms with E-state index in [-0.39, 0.29) is 0 Å². The van der Waals surface area contributed by atoms with E-state index in [9.17, 15) is 4.79 Å². The summed E-state index contributed by atoms with van der Waals surface area (Å²) in [5.74, 6) is -0.907. The van der Waals surface area contributed by atoms with E-state index in [4.69, 9.17) is 9.52 Å². The summed E-state index contributed by atoms with van der Waals surface area (Å²) in [5, 5.41) is 9.71. The van der Waals surface area contributed by atoms with Gasteiger partial charge < -0.3 is 9.52 Å². The maximum atomic E-state index is 10.7. The highest BCUT2D eigenvalue weighted by Crippen LogP contribution is 2.22. The average Bonchev–Trinajstić information content (AvgIpc) is 2.59. The van der Waals surface area contributed by atoms with Crippen LogP contribution in [0.3, 0.4) is 0 Å². The third-order valence-corrected chi connectivity index (χ3v) is 2.28. The van der Waals surface area contributed by atoms with Crippen LogP contribution in [0.25, 0.3) is 11.0 Å². The predicted octanol–water partition coefficient (Wildman–Crippen LogP) is 2.69. The predicted molar refractivity (Wildman–Crippen MR) is 52.6 cm³/mol. The topological polar surface area (TPSA) is 50.4 Å². The second-order valence-corrected chi connectivity index (χ2v) is 3.13. The molecule has 1 aromatic heterocycles. The summed E-state index contributed by atoms with van der Waals surface area (Å²) in [7, 11) is 0. The Morgan fingerprint density at radius 1 is 1.50 bits per heavy atom. The van der Waals surface area contributed by atoms with Crippen LogP contribution in [-0.4, -0.2) is 11.1 Å². The molecule has 0 aliphatic carbocycles. The Morgan fingerprint density at radius 2 is 2.29 bits per heavy atom. The second-order valence-electron chi connectivity index (χ2n) is 3.13. The van der Waals surface area contributed by atoms with Gasteiger partial charge in [0.1, 0.15) is 5.58 Å². The molecule has 0 saturated heterocycles. The first kappa shape index (κ1) is 8.81. The third kappa shape index (κ3) is 1.27. The molecular weight excluding hydrogens is 180 g/mol. The lowest BCUT2D eigenvalue weighted by atomic mass is 10.1. The van der Waals surface area contributed by atoms with Crippen LogP contribution in [0.2, 0.25) is 0 Å². The van der Waals surface area contributed by atoms with E-state index in [1.54, 1.807) is 24.5 Å². The molecule has 0 spiro atoms. The van der Waals surface area contributed by atoms with E-state index in [1.165, 1.54) is 0 Å². The zero-order valence-electron chi connectivity index (χ0n) is 7.78. The monoisotopic (exact) mass is 190 g/mol. The Hall–Kier alpha value is -1.77. The van der Waals surface area contributed by atoms with Crippen LogP contribution >= 0.6 is 0 Å². The van der Waals surface area contributed by atoms with Gasteiger partial charge in [0.2, 0.25) is 0 Å². The Morgan fingerprint density at radius 3 is 2.93 bits per heavy atom. The fourth-order valence-corrected chi connectivity index (χ4v) is 1.49. The molecule has 2 aromatic rings. The van der Waals surface area contributed by atoms with Gasteiger partial charge in [0.05, 0.1) is 11.8 Å². The van der Waals surface area contributed by atoms with Gasteiger partial charge in [-0.3, -0.25) is 0 Å². The quantitative estimate of drug-likeness (QED) is 0.792. The molecule has 1 heterocycles. The Kier molecular flexibility index (Phi) is 2.00. The van der Waals surface area contributed by atoms with Crippen molar-refractivity contribution in [3.05, 3.63) is 35.6 Å². The summed E-state index contributed by atoms with van der Waals surface area (Å²) in [5.41, 5.74) is 2.09. The van der Waals surface area contributed by atoms with Crippen molar-refractivity contribution in [2.45, 2.75) is 13.3 Å². The van der Waals surface area contributed by atoms with Crippen molar-refractivity contribution in [2.24, 2.45) is 0 Å². The number of carbonyl (C=O) groups is 1. The fraction of sp³-hybridized carbons (Fsp3) is 0.182. The van der Waals surface area contributed by atoms with Crippen LogP contribution in [-0.2, 0) is 6.42 Å². The molecule has 1 aromatic carbocycles. The number of aryl methyl sites for hydroxylation is 1. The van der Waals surface area contributed by atoms with Crippen molar-refractivity contribution in [3.63, 3.8) is 0 Å². The summed E-state index contributed by atoms with van der Waals surface area (Å²) in [4.78, 5) is 10.7. The zero-order valence-corrected chi connectivity index (χ0v) is 7.78. The number of fused-ring (bicyclic) bond motifs is 1. The van der Waals surface area contributed by atoms with Crippen molar-refractivity contribution in [3.8, 4) is 0 Å². The van der Waals surface area contributed by atoms with Gasteiger partial charge in [-0.1, -0.05) is 6.92 Å². The largest absolute Gasteiger partial charge is 0.478 e. The van der Waals surface area contributed by atoms with Crippen LogP contribution in [0.4, 0.5) is 0 Å².